The molecule has 1 fully saturated rings. The molecule has 0 aliphatic carbocycles. The van der Waals surface area contributed by atoms with Gasteiger partial charge in [-0.05, 0) is 37.5 Å². The lowest BCUT2D eigenvalue weighted by molar-refractivity contribution is 0.482. The Morgan fingerprint density at radius 2 is 1.78 bits per heavy atom. The summed E-state index contributed by atoms with van der Waals surface area (Å²) in [6.07, 6.45) is 1.87. The fraction of sp³-hybridized carbons (Fsp3) is 0.500. The van der Waals surface area contributed by atoms with Gasteiger partial charge < -0.3 is 5.73 Å². The standard InChI is InChI=1S/C12H19N3O2S/c1-10(13)11-4-6-12(7-5-11)14-18(16,17)15-8-2-3-9-15/h4-7,10,14H,2-3,8-9,13H2,1H3. The first-order valence-corrected chi connectivity index (χ1v) is 7.56. The number of benzene rings is 1. The lowest BCUT2D eigenvalue weighted by atomic mass is 10.1. The molecule has 6 heteroatoms. The Balaban J connectivity index is 2.09. The number of nitrogens with zero attached hydrogens (tertiary/aromatic N) is 1. The smallest absolute Gasteiger partial charge is 0.301 e. The van der Waals surface area contributed by atoms with Gasteiger partial charge in [0, 0.05) is 24.8 Å². The molecule has 0 spiro atoms. The minimum Gasteiger partial charge on any atom is -0.324 e. The van der Waals surface area contributed by atoms with Crippen molar-refractivity contribution in [2.24, 2.45) is 5.73 Å². The summed E-state index contributed by atoms with van der Waals surface area (Å²) in [6.45, 7) is 3.10. The van der Waals surface area contributed by atoms with Crippen LogP contribution in [-0.4, -0.2) is 25.8 Å². The van der Waals surface area contributed by atoms with Gasteiger partial charge in [0.15, 0.2) is 0 Å². The van der Waals surface area contributed by atoms with Gasteiger partial charge in [0.25, 0.3) is 0 Å². The van der Waals surface area contributed by atoms with Crippen LogP contribution < -0.4 is 10.5 Å². The van der Waals surface area contributed by atoms with Gasteiger partial charge in [0.2, 0.25) is 0 Å². The Labute approximate surface area is 108 Å². The summed E-state index contributed by atoms with van der Waals surface area (Å²) in [5.41, 5.74) is 7.30. The van der Waals surface area contributed by atoms with Crippen LogP contribution in [0.3, 0.4) is 0 Å². The largest absolute Gasteiger partial charge is 0.324 e. The highest BCUT2D eigenvalue weighted by molar-refractivity contribution is 7.90. The zero-order valence-electron chi connectivity index (χ0n) is 10.5. The molecular formula is C12H19N3O2S. The molecule has 1 saturated heterocycles. The maximum absolute atomic E-state index is 12.0. The van der Waals surface area contributed by atoms with Gasteiger partial charge in [-0.3, -0.25) is 4.72 Å². The van der Waals surface area contributed by atoms with E-state index in [0.29, 0.717) is 18.8 Å². The maximum atomic E-state index is 12.0. The first-order valence-electron chi connectivity index (χ1n) is 6.12. The molecule has 0 bridgehead atoms. The first kappa shape index (κ1) is 13.3. The SMILES string of the molecule is CC(N)c1ccc(NS(=O)(=O)N2CCCC2)cc1. The van der Waals surface area contributed by atoms with Gasteiger partial charge in [-0.25, -0.2) is 0 Å². The van der Waals surface area contributed by atoms with E-state index >= 15 is 0 Å². The molecule has 3 N–H and O–H groups in total. The molecule has 0 saturated carbocycles. The molecule has 1 aromatic carbocycles. The van der Waals surface area contributed by atoms with E-state index in [9.17, 15) is 8.42 Å². The highest BCUT2D eigenvalue weighted by Crippen LogP contribution is 2.18. The predicted octanol–water partition coefficient (Wildman–Crippen LogP) is 1.46. The van der Waals surface area contributed by atoms with E-state index in [4.69, 9.17) is 5.73 Å². The number of hydrogen-bond donors (Lipinski definition) is 2. The Morgan fingerprint density at radius 3 is 2.28 bits per heavy atom. The van der Waals surface area contributed by atoms with E-state index in [1.807, 2.05) is 19.1 Å². The molecule has 1 unspecified atom stereocenters. The minimum atomic E-state index is -3.39. The van der Waals surface area contributed by atoms with Crippen LogP contribution in [0, 0.1) is 0 Å². The number of rotatable bonds is 4. The van der Waals surface area contributed by atoms with Gasteiger partial charge in [0.05, 0.1) is 0 Å². The highest BCUT2D eigenvalue weighted by atomic mass is 32.2. The molecule has 1 aromatic rings. The molecule has 0 amide bonds. The Bertz CT molecular complexity index is 491. The van der Waals surface area contributed by atoms with Gasteiger partial charge in [-0.1, -0.05) is 12.1 Å². The van der Waals surface area contributed by atoms with Crippen molar-refractivity contribution in [3.05, 3.63) is 29.8 Å². The zero-order valence-corrected chi connectivity index (χ0v) is 11.3. The Kier molecular flexibility index (Phi) is 3.89. The van der Waals surface area contributed by atoms with Gasteiger partial charge >= 0.3 is 10.2 Å². The average Bonchev–Trinajstić information content (AvgIpc) is 2.83. The predicted molar refractivity (Wildman–Crippen MR) is 72.4 cm³/mol. The molecule has 2 rings (SSSR count). The van der Waals surface area contributed by atoms with E-state index in [1.165, 1.54) is 4.31 Å². The number of anilines is 1. The summed E-state index contributed by atoms with van der Waals surface area (Å²) in [4.78, 5) is 0. The van der Waals surface area contributed by atoms with Crippen molar-refractivity contribution in [3.8, 4) is 0 Å². The third-order valence-electron chi connectivity index (χ3n) is 3.09. The fourth-order valence-electron chi connectivity index (χ4n) is 2.00. The molecule has 1 atom stereocenters. The molecule has 5 nitrogen and oxygen atoms in total. The number of nitrogens with one attached hydrogen (secondary N) is 1. The van der Waals surface area contributed by atoms with Gasteiger partial charge in [-0.15, -0.1) is 0 Å². The van der Waals surface area contributed by atoms with Crippen molar-refractivity contribution in [1.82, 2.24) is 4.31 Å². The topological polar surface area (TPSA) is 75.4 Å². The Morgan fingerprint density at radius 1 is 1.22 bits per heavy atom. The summed E-state index contributed by atoms with van der Waals surface area (Å²) >= 11 is 0. The van der Waals surface area contributed by atoms with Crippen LogP contribution in [0.1, 0.15) is 31.4 Å². The normalized spacial score (nSPS) is 18.8. The minimum absolute atomic E-state index is 0.0470. The molecule has 1 aliphatic heterocycles. The first-order chi connectivity index (χ1) is 8.49. The van der Waals surface area contributed by atoms with Crippen LogP contribution in [0.25, 0.3) is 0 Å². The molecule has 1 heterocycles. The molecule has 1 aliphatic rings. The van der Waals surface area contributed by atoms with E-state index < -0.39 is 10.2 Å². The van der Waals surface area contributed by atoms with Crippen LogP contribution >= 0.6 is 0 Å². The van der Waals surface area contributed by atoms with Crippen LogP contribution in [-0.2, 0) is 10.2 Å². The summed E-state index contributed by atoms with van der Waals surface area (Å²) in [6, 6.07) is 7.12. The second-order valence-corrected chi connectivity index (χ2v) is 6.29. The molecule has 0 radical (unpaired) electrons. The van der Waals surface area contributed by atoms with Gasteiger partial charge in [0.1, 0.15) is 0 Å². The van der Waals surface area contributed by atoms with Gasteiger partial charge in [-0.2, -0.15) is 12.7 Å². The monoisotopic (exact) mass is 269 g/mol. The summed E-state index contributed by atoms with van der Waals surface area (Å²) in [5, 5.41) is 0. The van der Waals surface area contributed by atoms with Crippen LogP contribution in [0.4, 0.5) is 5.69 Å². The second-order valence-electron chi connectivity index (χ2n) is 4.62. The van der Waals surface area contributed by atoms with Crippen LogP contribution in [0.5, 0.6) is 0 Å². The summed E-state index contributed by atoms with van der Waals surface area (Å²) in [7, 11) is -3.39. The third-order valence-corrected chi connectivity index (χ3v) is 4.63. The van der Waals surface area contributed by atoms with E-state index in [-0.39, 0.29) is 6.04 Å². The van der Waals surface area contributed by atoms with Crippen molar-refractivity contribution in [2.75, 3.05) is 17.8 Å². The summed E-state index contributed by atoms with van der Waals surface area (Å²) < 4.78 is 28.1. The van der Waals surface area contributed by atoms with Crippen LogP contribution in [0.2, 0.25) is 0 Å². The second kappa shape index (κ2) is 5.26. The van der Waals surface area contributed by atoms with E-state index in [1.54, 1.807) is 12.1 Å². The molecule has 0 aromatic heterocycles. The number of hydrogen-bond acceptors (Lipinski definition) is 3. The third kappa shape index (κ3) is 3.01. The summed E-state index contributed by atoms with van der Waals surface area (Å²) in [5.74, 6) is 0. The quantitative estimate of drug-likeness (QED) is 0.869. The van der Waals surface area contributed by atoms with Crippen molar-refractivity contribution in [2.45, 2.75) is 25.8 Å². The van der Waals surface area contributed by atoms with Crippen LogP contribution in [0.15, 0.2) is 24.3 Å². The number of nitrogens with two attached hydrogens (primary N) is 1. The molecule has 100 valence electrons. The van der Waals surface area contributed by atoms with Crippen molar-refractivity contribution < 1.29 is 8.42 Å². The van der Waals surface area contributed by atoms with Crippen molar-refractivity contribution in [3.63, 3.8) is 0 Å². The van der Waals surface area contributed by atoms with E-state index in [0.717, 1.165) is 18.4 Å². The lowest BCUT2D eigenvalue weighted by Crippen LogP contribution is -2.33. The van der Waals surface area contributed by atoms with Crippen molar-refractivity contribution in [1.29, 1.82) is 0 Å². The van der Waals surface area contributed by atoms with E-state index in [2.05, 4.69) is 4.72 Å². The Hall–Kier alpha value is -1.11. The van der Waals surface area contributed by atoms with Crippen molar-refractivity contribution >= 4 is 15.9 Å². The molecular weight excluding hydrogens is 250 g/mol. The molecule has 18 heavy (non-hydrogen) atoms. The highest BCUT2D eigenvalue weighted by Gasteiger charge is 2.24. The average molecular weight is 269 g/mol. The zero-order chi connectivity index (χ0) is 13.2. The maximum Gasteiger partial charge on any atom is 0.301 e. The fourth-order valence-corrected chi connectivity index (χ4v) is 3.30. The lowest BCUT2D eigenvalue weighted by Gasteiger charge is -2.17.